The van der Waals surface area contributed by atoms with Crippen LogP contribution in [0.1, 0.15) is 30.6 Å². The van der Waals surface area contributed by atoms with Crippen LogP contribution < -0.4 is 22.1 Å². The lowest BCUT2D eigenvalue weighted by atomic mass is 9.99. The first-order valence-corrected chi connectivity index (χ1v) is 7.08. The van der Waals surface area contributed by atoms with E-state index in [2.05, 4.69) is 10.6 Å². The minimum Gasteiger partial charge on any atom is -0.368 e. The highest BCUT2D eigenvalue weighted by atomic mass is 35.5. The molecule has 1 aromatic rings. The maximum Gasteiger partial charge on any atom is 0.251 e. The summed E-state index contributed by atoms with van der Waals surface area (Å²) < 4.78 is 0. The van der Waals surface area contributed by atoms with Crippen LogP contribution >= 0.6 is 12.4 Å². The van der Waals surface area contributed by atoms with Crippen LogP contribution in [-0.2, 0) is 9.59 Å². The van der Waals surface area contributed by atoms with E-state index in [0.717, 1.165) is 6.42 Å². The minimum absolute atomic E-state index is 0. The van der Waals surface area contributed by atoms with Gasteiger partial charge in [0.15, 0.2) is 0 Å². The molecule has 0 heterocycles. The lowest BCUT2D eigenvalue weighted by Gasteiger charge is -2.17. The molecule has 2 atom stereocenters. The number of hydrogen-bond acceptors (Lipinski definition) is 4. The van der Waals surface area contributed by atoms with Gasteiger partial charge in [0.05, 0.1) is 12.6 Å². The Morgan fingerprint density at radius 2 is 1.91 bits per heavy atom. The number of halogens is 1. The summed E-state index contributed by atoms with van der Waals surface area (Å²) >= 11 is 0. The number of benzene rings is 1. The van der Waals surface area contributed by atoms with E-state index in [-0.39, 0.29) is 30.8 Å². The Morgan fingerprint density at radius 3 is 2.48 bits per heavy atom. The van der Waals surface area contributed by atoms with E-state index in [1.165, 1.54) is 6.07 Å². The van der Waals surface area contributed by atoms with Gasteiger partial charge < -0.3 is 22.1 Å². The largest absolute Gasteiger partial charge is 0.368 e. The van der Waals surface area contributed by atoms with Gasteiger partial charge in [-0.3, -0.25) is 14.4 Å². The van der Waals surface area contributed by atoms with Gasteiger partial charge in [-0.25, -0.2) is 0 Å². The number of amides is 3. The van der Waals surface area contributed by atoms with Gasteiger partial charge in [0.1, 0.15) is 0 Å². The molecule has 1 rings (SSSR count). The molecule has 1 aromatic carbocycles. The van der Waals surface area contributed by atoms with E-state index in [4.69, 9.17) is 11.5 Å². The Balaban J connectivity index is 0.00000484. The third kappa shape index (κ3) is 6.66. The zero-order valence-corrected chi connectivity index (χ0v) is 14.0. The molecule has 128 valence electrons. The van der Waals surface area contributed by atoms with Crippen molar-refractivity contribution in [3.8, 4) is 0 Å². The predicted octanol–water partition coefficient (Wildman–Crippen LogP) is 0.635. The Hall–Kier alpha value is -2.12. The van der Waals surface area contributed by atoms with Gasteiger partial charge in [-0.15, -0.1) is 12.4 Å². The van der Waals surface area contributed by atoms with Gasteiger partial charge >= 0.3 is 0 Å². The number of carbonyl (C=O) groups is 3. The van der Waals surface area contributed by atoms with E-state index in [1.54, 1.807) is 18.2 Å². The number of nitrogens with two attached hydrogens (primary N) is 2. The molecule has 0 aliphatic rings. The van der Waals surface area contributed by atoms with E-state index in [9.17, 15) is 14.4 Å². The second-order valence-corrected chi connectivity index (χ2v) is 5.13. The molecular formula is C15H23ClN4O3. The number of carbonyl (C=O) groups excluding carboxylic acids is 3. The molecule has 0 fully saturated rings. The molecule has 7 nitrogen and oxygen atoms in total. The molecule has 0 spiro atoms. The maximum absolute atomic E-state index is 12.0. The number of hydrogen-bond donors (Lipinski definition) is 4. The summed E-state index contributed by atoms with van der Waals surface area (Å²) in [5.41, 5.74) is 11.6. The molecule has 0 aliphatic heterocycles. The summed E-state index contributed by atoms with van der Waals surface area (Å²) in [4.78, 5) is 34.5. The highest BCUT2D eigenvalue weighted by Crippen LogP contribution is 2.13. The second-order valence-electron chi connectivity index (χ2n) is 5.13. The fraction of sp³-hybridized carbons (Fsp3) is 0.400. The Labute approximate surface area is 141 Å². The summed E-state index contributed by atoms with van der Waals surface area (Å²) in [5.74, 6) is -1.32. The van der Waals surface area contributed by atoms with Crippen LogP contribution in [-0.4, -0.2) is 30.3 Å². The Bertz CT molecular complexity index is 565. The number of rotatable bonds is 7. The molecule has 0 bridgehead atoms. The molecule has 0 saturated carbocycles. The third-order valence-electron chi connectivity index (χ3n) is 3.38. The summed E-state index contributed by atoms with van der Waals surface area (Å²) in [7, 11) is 0. The van der Waals surface area contributed by atoms with Crippen molar-refractivity contribution in [2.75, 3.05) is 11.9 Å². The van der Waals surface area contributed by atoms with Gasteiger partial charge in [0.25, 0.3) is 5.91 Å². The van der Waals surface area contributed by atoms with Crippen LogP contribution in [0.4, 0.5) is 5.69 Å². The first-order valence-electron chi connectivity index (χ1n) is 7.08. The number of anilines is 1. The minimum atomic E-state index is -0.627. The molecular weight excluding hydrogens is 320 g/mol. The van der Waals surface area contributed by atoms with Crippen molar-refractivity contribution < 1.29 is 14.4 Å². The van der Waals surface area contributed by atoms with Crippen LogP contribution in [0.5, 0.6) is 0 Å². The normalized spacial score (nSPS) is 12.5. The first kappa shape index (κ1) is 20.9. The van der Waals surface area contributed by atoms with Crippen molar-refractivity contribution in [1.82, 2.24) is 5.32 Å². The van der Waals surface area contributed by atoms with E-state index in [1.807, 2.05) is 13.8 Å². The van der Waals surface area contributed by atoms with Gasteiger partial charge in [-0.1, -0.05) is 26.3 Å². The molecule has 8 heteroatoms. The quantitative estimate of drug-likeness (QED) is 0.579. The summed E-state index contributed by atoms with van der Waals surface area (Å²) in [6.45, 7) is 3.62. The number of nitrogens with one attached hydrogen (secondary N) is 2. The van der Waals surface area contributed by atoms with E-state index < -0.39 is 17.9 Å². The van der Waals surface area contributed by atoms with E-state index >= 15 is 0 Å². The zero-order chi connectivity index (χ0) is 16.7. The van der Waals surface area contributed by atoms with Crippen molar-refractivity contribution in [3.05, 3.63) is 29.8 Å². The van der Waals surface area contributed by atoms with Crippen LogP contribution in [0.2, 0.25) is 0 Å². The van der Waals surface area contributed by atoms with Crippen molar-refractivity contribution in [2.24, 2.45) is 17.4 Å². The molecule has 0 saturated heterocycles. The molecule has 6 N–H and O–H groups in total. The van der Waals surface area contributed by atoms with Crippen molar-refractivity contribution in [1.29, 1.82) is 0 Å². The lowest BCUT2D eigenvalue weighted by Crippen LogP contribution is -2.40. The highest BCUT2D eigenvalue weighted by molar-refractivity contribution is 5.99. The van der Waals surface area contributed by atoms with Gasteiger partial charge in [0, 0.05) is 11.3 Å². The fourth-order valence-electron chi connectivity index (χ4n) is 1.75. The summed E-state index contributed by atoms with van der Waals surface area (Å²) in [6, 6.07) is 5.76. The molecule has 0 aromatic heterocycles. The summed E-state index contributed by atoms with van der Waals surface area (Å²) in [6.07, 6.45) is 0.796. The average Bonchev–Trinajstić information content (AvgIpc) is 2.51. The topological polar surface area (TPSA) is 127 Å². The van der Waals surface area contributed by atoms with E-state index in [0.29, 0.717) is 11.3 Å². The Kier molecular flexibility index (Phi) is 8.90. The SMILES string of the molecule is CCC(C)C(N)C(=O)Nc1cccc(C(=O)NCC(N)=O)c1.Cl. The van der Waals surface area contributed by atoms with Gasteiger partial charge in [0.2, 0.25) is 11.8 Å². The standard InChI is InChI=1S/C15H22N4O3.ClH/c1-3-9(2)13(17)15(22)19-11-6-4-5-10(7-11)14(21)18-8-12(16)20;/h4-7,9,13H,3,8,17H2,1-2H3,(H2,16,20)(H,18,21)(H,19,22);1H. The first-order chi connectivity index (χ1) is 10.3. The molecule has 2 unspecified atom stereocenters. The average molecular weight is 343 g/mol. The second kappa shape index (κ2) is 9.81. The lowest BCUT2D eigenvalue weighted by molar-refractivity contribution is -0.118. The predicted molar refractivity (Wildman–Crippen MR) is 91.3 cm³/mol. The monoisotopic (exact) mass is 342 g/mol. The zero-order valence-electron chi connectivity index (χ0n) is 13.2. The third-order valence-corrected chi connectivity index (χ3v) is 3.38. The van der Waals surface area contributed by atoms with Gasteiger partial charge in [-0.05, 0) is 24.1 Å². The van der Waals surface area contributed by atoms with Crippen LogP contribution in [0.3, 0.4) is 0 Å². The van der Waals surface area contributed by atoms with Gasteiger partial charge in [-0.2, -0.15) is 0 Å². The van der Waals surface area contributed by atoms with Crippen LogP contribution in [0.15, 0.2) is 24.3 Å². The highest BCUT2D eigenvalue weighted by Gasteiger charge is 2.19. The van der Waals surface area contributed by atoms with Crippen molar-refractivity contribution in [2.45, 2.75) is 26.3 Å². The van der Waals surface area contributed by atoms with Crippen LogP contribution in [0.25, 0.3) is 0 Å². The fourth-order valence-corrected chi connectivity index (χ4v) is 1.75. The summed E-state index contributed by atoms with van der Waals surface area (Å²) in [5, 5.41) is 5.06. The molecule has 3 amide bonds. The molecule has 23 heavy (non-hydrogen) atoms. The molecule has 0 aliphatic carbocycles. The number of primary amides is 1. The maximum atomic E-state index is 12.0. The smallest absolute Gasteiger partial charge is 0.251 e. The van der Waals surface area contributed by atoms with Crippen molar-refractivity contribution in [3.63, 3.8) is 0 Å². The van der Waals surface area contributed by atoms with Crippen LogP contribution in [0, 0.1) is 5.92 Å². The Morgan fingerprint density at radius 1 is 1.26 bits per heavy atom. The molecule has 0 radical (unpaired) electrons. The van der Waals surface area contributed by atoms with Crippen molar-refractivity contribution >= 4 is 35.8 Å².